The average molecular weight is 267 g/mol. The molecule has 1 fully saturated rings. The standard InChI is InChI=1S/C11H11BrN2O/c1-11(15)6-14(7-11)10-3-2-8(5-13)4-9(10)12/h2-4,15H,6-7H2,1H3. The van der Waals surface area contributed by atoms with E-state index in [1.165, 1.54) is 0 Å². The van der Waals surface area contributed by atoms with Crippen molar-refractivity contribution in [3.8, 4) is 6.07 Å². The van der Waals surface area contributed by atoms with Gasteiger partial charge >= 0.3 is 0 Å². The van der Waals surface area contributed by atoms with Gasteiger partial charge in [0.05, 0.1) is 22.9 Å². The van der Waals surface area contributed by atoms with Gasteiger partial charge in [0.25, 0.3) is 0 Å². The lowest BCUT2D eigenvalue weighted by Gasteiger charge is -2.46. The Morgan fingerprint density at radius 1 is 1.53 bits per heavy atom. The summed E-state index contributed by atoms with van der Waals surface area (Å²) in [5, 5.41) is 18.3. The van der Waals surface area contributed by atoms with Crippen LogP contribution >= 0.6 is 15.9 Å². The highest BCUT2D eigenvalue weighted by molar-refractivity contribution is 9.10. The maximum atomic E-state index is 9.63. The van der Waals surface area contributed by atoms with Gasteiger partial charge in [-0.15, -0.1) is 0 Å². The van der Waals surface area contributed by atoms with Crippen LogP contribution in [0.3, 0.4) is 0 Å². The first-order chi connectivity index (χ1) is 7.02. The molecule has 1 N–H and O–H groups in total. The number of rotatable bonds is 1. The molecule has 1 aromatic carbocycles. The van der Waals surface area contributed by atoms with E-state index in [1.807, 2.05) is 13.0 Å². The van der Waals surface area contributed by atoms with E-state index < -0.39 is 5.60 Å². The first-order valence-corrected chi connectivity index (χ1v) is 5.48. The molecule has 1 aliphatic heterocycles. The van der Waals surface area contributed by atoms with Crippen molar-refractivity contribution in [2.45, 2.75) is 12.5 Å². The topological polar surface area (TPSA) is 47.3 Å². The molecular formula is C11H11BrN2O. The second-order valence-electron chi connectivity index (χ2n) is 4.13. The molecule has 0 bridgehead atoms. The Labute approximate surface area is 97.1 Å². The lowest BCUT2D eigenvalue weighted by Crippen LogP contribution is -2.60. The second-order valence-corrected chi connectivity index (χ2v) is 4.99. The van der Waals surface area contributed by atoms with Crippen LogP contribution in [-0.4, -0.2) is 23.8 Å². The van der Waals surface area contributed by atoms with Crippen LogP contribution in [-0.2, 0) is 0 Å². The predicted molar refractivity (Wildman–Crippen MR) is 61.7 cm³/mol. The van der Waals surface area contributed by atoms with Crippen molar-refractivity contribution in [2.24, 2.45) is 0 Å². The Kier molecular flexibility index (Phi) is 2.45. The third kappa shape index (κ3) is 1.99. The molecule has 0 radical (unpaired) electrons. The quantitative estimate of drug-likeness (QED) is 0.845. The van der Waals surface area contributed by atoms with Gasteiger partial charge in [-0.05, 0) is 41.1 Å². The molecular weight excluding hydrogens is 256 g/mol. The number of halogens is 1. The molecule has 1 heterocycles. The van der Waals surface area contributed by atoms with Crippen molar-refractivity contribution in [3.63, 3.8) is 0 Å². The van der Waals surface area contributed by atoms with Gasteiger partial charge in [0.15, 0.2) is 0 Å². The normalized spacial score (nSPS) is 18.1. The van der Waals surface area contributed by atoms with Crippen LogP contribution in [0.4, 0.5) is 5.69 Å². The number of hydrogen-bond acceptors (Lipinski definition) is 3. The number of β-amino-alcohol motifs (C(OH)–C–C–N with tert-alkyl or cyclic N) is 1. The van der Waals surface area contributed by atoms with Crippen LogP contribution < -0.4 is 4.90 Å². The van der Waals surface area contributed by atoms with Crippen LogP contribution in [0.5, 0.6) is 0 Å². The maximum Gasteiger partial charge on any atom is 0.0992 e. The minimum Gasteiger partial charge on any atom is -0.386 e. The molecule has 0 aromatic heterocycles. The van der Waals surface area contributed by atoms with E-state index in [1.54, 1.807) is 12.1 Å². The molecule has 15 heavy (non-hydrogen) atoms. The molecule has 1 aliphatic rings. The number of nitriles is 1. The summed E-state index contributed by atoms with van der Waals surface area (Å²) in [4.78, 5) is 2.07. The maximum absolute atomic E-state index is 9.63. The fraction of sp³-hybridized carbons (Fsp3) is 0.364. The summed E-state index contributed by atoms with van der Waals surface area (Å²) >= 11 is 3.43. The minimum atomic E-state index is -0.576. The van der Waals surface area contributed by atoms with Crippen molar-refractivity contribution in [2.75, 3.05) is 18.0 Å². The van der Waals surface area contributed by atoms with E-state index in [0.29, 0.717) is 18.7 Å². The molecule has 0 spiro atoms. The lowest BCUT2D eigenvalue weighted by molar-refractivity contribution is 0.0309. The largest absolute Gasteiger partial charge is 0.386 e. The van der Waals surface area contributed by atoms with Gasteiger partial charge in [0.1, 0.15) is 0 Å². The molecule has 78 valence electrons. The monoisotopic (exact) mass is 266 g/mol. The van der Waals surface area contributed by atoms with Crippen LogP contribution in [0, 0.1) is 11.3 Å². The fourth-order valence-electron chi connectivity index (χ4n) is 1.78. The van der Waals surface area contributed by atoms with Gasteiger partial charge in [-0.2, -0.15) is 5.26 Å². The Bertz CT molecular complexity index is 429. The zero-order valence-electron chi connectivity index (χ0n) is 8.37. The van der Waals surface area contributed by atoms with Crippen LogP contribution in [0.15, 0.2) is 22.7 Å². The number of aliphatic hydroxyl groups is 1. The highest BCUT2D eigenvalue weighted by Gasteiger charge is 2.37. The van der Waals surface area contributed by atoms with Gasteiger partial charge < -0.3 is 10.0 Å². The molecule has 4 heteroatoms. The average Bonchev–Trinajstić information content (AvgIpc) is 2.14. The van der Waals surface area contributed by atoms with E-state index in [0.717, 1.165) is 10.2 Å². The molecule has 0 atom stereocenters. The van der Waals surface area contributed by atoms with Crippen molar-refractivity contribution >= 4 is 21.6 Å². The highest BCUT2D eigenvalue weighted by Crippen LogP contribution is 2.33. The predicted octanol–water partition coefficient (Wildman–Crippen LogP) is 1.89. The lowest BCUT2D eigenvalue weighted by atomic mass is 9.96. The number of nitrogens with zero attached hydrogens (tertiary/aromatic N) is 2. The summed E-state index contributed by atoms with van der Waals surface area (Å²) in [6.45, 7) is 3.09. The second kappa shape index (κ2) is 3.51. The van der Waals surface area contributed by atoms with Gasteiger partial charge in [0, 0.05) is 17.6 Å². The summed E-state index contributed by atoms with van der Waals surface area (Å²) in [6, 6.07) is 7.57. The Balaban J connectivity index is 2.21. The molecule has 0 unspecified atom stereocenters. The Hall–Kier alpha value is -1.05. The minimum absolute atomic E-state index is 0.576. The van der Waals surface area contributed by atoms with E-state index in [-0.39, 0.29) is 0 Å². The van der Waals surface area contributed by atoms with E-state index >= 15 is 0 Å². The third-order valence-corrected chi connectivity index (χ3v) is 3.12. The van der Waals surface area contributed by atoms with Gasteiger partial charge in [-0.25, -0.2) is 0 Å². The van der Waals surface area contributed by atoms with Crippen molar-refractivity contribution in [3.05, 3.63) is 28.2 Å². The zero-order chi connectivity index (χ0) is 11.1. The van der Waals surface area contributed by atoms with Gasteiger partial charge in [0.2, 0.25) is 0 Å². The van der Waals surface area contributed by atoms with Crippen molar-refractivity contribution < 1.29 is 5.11 Å². The smallest absolute Gasteiger partial charge is 0.0992 e. The number of hydrogen-bond donors (Lipinski definition) is 1. The van der Waals surface area contributed by atoms with E-state index in [2.05, 4.69) is 26.9 Å². The molecule has 1 aromatic rings. The SMILES string of the molecule is CC1(O)CN(c2ccc(C#N)cc2Br)C1. The summed E-state index contributed by atoms with van der Waals surface area (Å²) in [5.74, 6) is 0. The Morgan fingerprint density at radius 2 is 2.20 bits per heavy atom. The van der Waals surface area contributed by atoms with Crippen LogP contribution in [0.2, 0.25) is 0 Å². The molecule has 3 nitrogen and oxygen atoms in total. The van der Waals surface area contributed by atoms with E-state index in [4.69, 9.17) is 5.26 Å². The zero-order valence-corrected chi connectivity index (χ0v) is 9.95. The van der Waals surface area contributed by atoms with Gasteiger partial charge in [-0.3, -0.25) is 0 Å². The van der Waals surface area contributed by atoms with Crippen molar-refractivity contribution in [1.82, 2.24) is 0 Å². The van der Waals surface area contributed by atoms with Gasteiger partial charge in [-0.1, -0.05) is 0 Å². The summed E-state index contributed by atoms with van der Waals surface area (Å²) in [7, 11) is 0. The highest BCUT2D eigenvalue weighted by atomic mass is 79.9. The van der Waals surface area contributed by atoms with E-state index in [9.17, 15) is 5.11 Å². The van der Waals surface area contributed by atoms with Crippen molar-refractivity contribution in [1.29, 1.82) is 5.26 Å². The summed E-state index contributed by atoms with van der Waals surface area (Å²) < 4.78 is 0.900. The molecule has 0 amide bonds. The third-order valence-electron chi connectivity index (χ3n) is 2.48. The molecule has 2 rings (SSSR count). The van der Waals surface area contributed by atoms with Crippen LogP contribution in [0.25, 0.3) is 0 Å². The number of benzene rings is 1. The summed E-state index contributed by atoms with van der Waals surface area (Å²) in [6.07, 6.45) is 0. The van der Waals surface area contributed by atoms with Crippen LogP contribution in [0.1, 0.15) is 12.5 Å². The first-order valence-electron chi connectivity index (χ1n) is 4.69. The molecule has 1 saturated heterocycles. The fourth-order valence-corrected chi connectivity index (χ4v) is 2.41. The Morgan fingerprint density at radius 3 is 2.67 bits per heavy atom. The molecule has 0 aliphatic carbocycles. The first kappa shape index (κ1) is 10.5. The summed E-state index contributed by atoms with van der Waals surface area (Å²) in [5.41, 5.74) is 1.09. The number of anilines is 1. The molecule has 0 saturated carbocycles.